The molecule has 0 aliphatic heterocycles. The number of rotatable bonds is 15. The fourth-order valence-electron chi connectivity index (χ4n) is 4.02. The monoisotopic (exact) mass is 564 g/mol. The van der Waals surface area contributed by atoms with Crippen LogP contribution in [0.5, 0.6) is 11.5 Å². The molecule has 2 amide bonds. The first kappa shape index (κ1) is 30.5. The lowest BCUT2D eigenvalue weighted by Gasteiger charge is -2.22. The lowest BCUT2D eigenvalue weighted by molar-refractivity contribution is -0.385. The van der Waals surface area contributed by atoms with Crippen LogP contribution in [0, 0.1) is 20.2 Å². The molecule has 0 unspecified atom stereocenters. The minimum Gasteiger partial charge on any atom is -0.493 e. The summed E-state index contributed by atoms with van der Waals surface area (Å²) in [7, 11) is 1.46. The van der Waals surface area contributed by atoms with Crippen LogP contribution < -0.4 is 20.1 Å². The molecular formula is C29H32N4O8. The number of benzene rings is 3. The van der Waals surface area contributed by atoms with E-state index in [2.05, 4.69) is 17.6 Å². The lowest BCUT2D eigenvalue weighted by Crippen LogP contribution is -2.41. The zero-order valence-electron chi connectivity index (χ0n) is 22.8. The van der Waals surface area contributed by atoms with Gasteiger partial charge in [-0.05, 0) is 36.2 Å². The van der Waals surface area contributed by atoms with Crippen molar-refractivity contribution >= 4 is 23.2 Å². The molecule has 12 heteroatoms. The predicted molar refractivity (Wildman–Crippen MR) is 151 cm³/mol. The van der Waals surface area contributed by atoms with Crippen LogP contribution in [0.25, 0.3) is 0 Å². The summed E-state index contributed by atoms with van der Waals surface area (Å²) in [6.45, 7) is 2.64. The van der Waals surface area contributed by atoms with Crippen molar-refractivity contribution < 1.29 is 28.9 Å². The van der Waals surface area contributed by atoms with Crippen molar-refractivity contribution in [1.82, 2.24) is 10.6 Å². The van der Waals surface area contributed by atoms with Crippen molar-refractivity contribution in [2.45, 2.75) is 45.2 Å². The Morgan fingerprint density at radius 3 is 1.85 bits per heavy atom. The van der Waals surface area contributed by atoms with Crippen LogP contribution >= 0.6 is 0 Å². The third kappa shape index (κ3) is 8.75. The first-order chi connectivity index (χ1) is 19.7. The zero-order valence-corrected chi connectivity index (χ0v) is 22.8. The van der Waals surface area contributed by atoms with Gasteiger partial charge in [0.2, 0.25) is 0 Å². The van der Waals surface area contributed by atoms with Gasteiger partial charge in [0.25, 0.3) is 23.2 Å². The van der Waals surface area contributed by atoms with E-state index in [-0.39, 0.29) is 22.5 Å². The maximum Gasteiger partial charge on any atom is 0.270 e. The van der Waals surface area contributed by atoms with Gasteiger partial charge in [-0.2, -0.15) is 0 Å². The molecule has 0 aromatic heterocycles. The third-order valence-corrected chi connectivity index (χ3v) is 6.22. The minimum absolute atomic E-state index is 0.00351. The van der Waals surface area contributed by atoms with Crippen LogP contribution in [-0.2, 0) is 0 Å². The van der Waals surface area contributed by atoms with E-state index in [4.69, 9.17) is 9.47 Å². The molecule has 216 valence electrons. The molecule has 0 heterocycles. The average Bonchev–Trinajstić information content (AvgIpc) is 2.98. The van der Waals surface area contributed by atoms with E-state index in [9.17, 15) is 29.8 Å². The highest BCUT2D eigenvalue weighted by molar-refractivity contribution is 5.97. The number of ether oxygens (including phenoxy) is 2. The molecule has 0 aliphatic carbocycles. The second-order valence-electron chi connectivity index (χ2n) is 9.17. The van der Waals surface area contributed by atoms with Gasteiger partial charge in [-0.3, -0.25) is 29.8 Å². The molecular weight excluding hydrogens is 532 g/mol. The smallest absolute Gasteiger partial charge is 0.270 e. The summed E-state index contributed by atoms with van der Waals surface area (Å²) in [5, 5.41) is 27.7. The molecule has 0 spiro atoms. The van der Waals surface area contributed by atoms with Gasteiger partial charge in [0, 0.05) is 35.4 Å². The second-order valence-corrected chi connectivity index (χ2v) is 9.17. The standard InChI is InChI=1S/C29H32N4O8/c1-3-4-5-6-7-16-41-25-15-14-20(19-26(25)40-2)27(30-28(34)21-10-8-12-23(17-21)32(36)37)31-29(35)22-11-9-13-24(18-22)33(38)39/h8-15,17-19,27H,3-7,16H2,1-2H3,(H,30,34)(H,31,35). The fourth-order valence-corrected chi connectivity index (χ4v) is 4.02. The number of unbranched alkanes of at least 4 members (excludes halogenated alkanes) is 4. The number of carbonyl (C=O) groups is 2. The van der Waals surface area contributed by atoms with Gasteiger partial charge in [-0.1, -0.05) is 50.8 Å². The number of nitrogens with one attached hydrogen (secondary N) is 2. The quantitative estimate of drug-likeness (QED) is 0.102. The third-order valence-electron chi connectivity index (χ3n) is 6.22. The van der Waals surface area contributed by atoms with Gasteiger partial charge in [-0.25, -0.2) is 0 Å². The molecule has 2 N–H and O–H groups in total. The van der Waals surface area contributed by atoms with Crippen LogP contribution in [0.1, 0.15) is 71.5 Å². The van der Waals surface area contributed by atoms with E-state index in [1.54, 1.807) is 18.2 Å². The van der Waals surface area contributed by atoms with Gasteiger partial charge in [0.15, 0.2) is 11.5 Å². The van der Waals surface area contributed by atoms with Crippen molar-refractivity contribution in [1.29, 1.82) is 0 Å². The van der Waals surface area contributed by atoms with Crippen LogP contribution in [0.15, 0.2) is 66.7 Å². The molecule has 3 aromatic rings. The van der Waals surface area contributed by atoms with E-state index in [0.717, 1.165) is 37.8 Å². The number of hydrogen-bond acceptors (Lipinski definition) is 8. The fraction of sp³-hybridized carbons (Fsp3) is 0.310. The van der Waals surface area contributed by atoms with Gasteiger partial charge in [0.1, 0.15) is 6.17 Å². The molecule has 41 heavy (non-hydrogen) atoms. The van der Waals surface area contributed by atoms with Gasteiger partial charge < -0.3 is 20.1 Å². The van der Waals surface area contributed by atoms with Crippen LogP contribution in [0.2, 0.25) is 0 Å². The highest BCUT2D eigenvalue weighted by Crippen LogP contribution is 2.30. The normalized spacial score (nSPS) is 10.6. The van der Waals surface area contributed by atoms with Crippen LogP contribution in [-0.4, -0.2) is 35.4 Å². The number of non-ortho nitro benzene ring substituents is 2. The van der Waals surface area contributed by atoms with Crippen molar-refractivity contribution in [3.63, 3.8) is 0 Å². The number of amides is 2. The average molecular weight is 565 g/mol. The van der Waals surface area contributed by atoms with E-state index < -0.39 is 27.8 Å². The Hall–Kier alpha value is -5.00. The Balaban J connectivity index is 1.87. The maximum atomic E-state index is 13.1. The Kier molecular flexibility index (Phi) is 11.1. The van der Waals surface area contributed by atoms with Gasteiger partial charge >= 0.3 is 0 Å². The molecule has 12 nitrogen and oxygen atoms in total. The van der Waals surface area contributed by atoms with Crippen LogP contribution in [0.3, 0.4) is 0 Å². The van der Waals surface area contributed by atoms with E-state index in [1.807, 2.05) is 0 Å². The maximum absolute atomic E-state index is 13.1. The Morgan fingerprint density at radius 1 is 0.780 bits per heavy atom. The van der Waals surface area contributed by atoms with Crippen molar-refractivity contribution in [3.8, 4) is 11.5 Å². The largest absolute Gasteiger partial charge is 0.493 e. The van der Waals surface area contributed by atoms with E-state index in [1.165, 1.54) is 49.9 Å². The van der Waals surface area contributed by atoms with Crippen molar-refractivity contribution in [3.05, 3.63) is 104 Å². The van der Waals surface area contributed by atoms with Crippen LogP contribution in [0.4, 0.5) is 11.4 Å². The molecule has 3 rings (SSSR count). The van der Waals surface area contributed by atoms with E-state index >= 15 is 0 Å². The van der Waals surface area contributed by atoms with E-state index in [0.29, 0.717) is 23.7 Å². The predicted octanol–water partition coefficient (Wildman–Crippen LogP) is 5.72. The first-order valence-electron chi connectivity index (χ1n) is 13.1. The molecule has 0 atom stereocenters. The lowest BCUT2D eigenvalue weighted by atomic mass is 10.1. The number of carbonyl (C=O) groups excluding carboxylic acids is 2. The van der Waals surface area contributed by atoms with Crippen molar-refractivity contribution in [2.24, 2.45) is 0 Å². The molecule has 0 saturated carbocycles. The molecule has 0 fully saturated rings. The van der Waals surface area contributed by atoms with Gasteiger partial charge in [0.05, 0.1) is 23.6 Å². The topological polar surface area (TPSA) is 163 Å². The summed E-state index contributed by atoms with van der Waals surface area (Å²) < 4.78 is 11.4. The SMILES string of the molecule is CCCCCCCOc1ccc(C(NC(=O)c2cccc([N+](=O)[O-])c2)NC(=O)c2cccc([N+](=O)[O-])c2)cc1OC. The number of nitro benzene ring substituents is 2. The van der Waals surface area contributed by atoms with Crippen molar-refractivity contribution in [2.75, 3.05) is 13.7 Å². The summed E-state index contributed by atoms with van der Waals surface area (Å²) in [5.74, 6) is -0.524. The highest BCUT2D eigenvalue weighted by Gasteiger charge is 2.22. The molecule has 0 radical (unpaired) electrons. The van der Waals surface area contributed by atoms with Gasteiger partial charge in [-0.15, -0.1) is 0 Å². The number of hydrogen-bond donors (Lipinski definition) is 2. The Morgan fingerprint density at radius 2 is 1.34 bits per heavy atom. The summed E-state index contributed by atoms with van der Waals surface area (Å²) in [4.78, 5) is 47.3. The molecule has 3 aromatic carbocycles. The second kappa shape index (κ2) is 15.0. The molecule has 0 saturated heterocycles. The summed E-state index contributed by atoms with van der Waals surface area (Å²) in [6, 6.07) is 15.2. The number of methoxy groups -OCH3 is 1. The Bertz CT molecular complexity index is 1320. The summed E-state index contributed by atoms with van der Waals surface area (Å²) in [5.41, 5.74) is -0.123. The summed E-state index contributed by atoms with van der Waals surface area (Å²) >= 11 is 0. The number of nitrogens with zero attached hydrogens (tertiary/aromatic N) is 2. The zero-order chi connectivity index (χ0) is 29.8. The molecule has 0 bridgehead atoms. The Labute approximate surface area is 237 Å². The highest BCUT2D eigenvalue weighted by atomic mass is 16.6. The molecule has 0 aliphatic rings. The summed E-state index contributed by atoms with van der Waals surface area (Å²) in [6.07, 6.45) is 4.24. The first-order valence-corrected chi connectivity index (χ1v) is 13.1. The number of nitro groups is 2. The minimum atomic E-state index is -1.13.